The molecule has 0 radical (unpaired) electrons. The van der Waals surface area contributed by atoms with Gasteiger partial charge in [0, 0.05) is 24.3 Å². The Labute approximate surface area is 148 Å². The van der Waals surface area contributed by atoms with E-state index in [1.165, 1.54) is 11.1 Å². The van der Waals surface area contributed by atoms with Crippen molar-refractivity contribution in [2.75, 3.05) is 12.4 Å². The van der Waals surface area contributed by atoms with Crippen molar-refractivity contribution in [1.82, 2.24) is 4.90 Å². The van der Waals surface area contributed by atoms with Crippen molar-refractivity contribution >= 4 is 17.7 Å². The van der Waals surface area contributed by atoms with Gasteiger partial charge in [0.15, 0.2) is 0 Å². The fraction of sp³-hybridized carbons (Fsp3) is 0.350. The maximum Gasteiger partial charge on any atom is 0.224 e. The molecule has 4 heteroatoms. The highest BCUT2D eigenvalue weighted by Crippen LogP contribution is 2.42. The largest absolute Gasteiger partial charge is 0.493 e. The molecule has 1 unspecified atom stereocenters. The van der Waals surface area contributed by atoms with Crippen molar-refractivity contribution in [1.29, 1.82) is 0 Å². The van der Waals surface area contributed by atoms with Gasteiger partial charge in [0.2, 0.25) is 5.91 Å². The van der Waals surface area contributed by atoms with E-state index < -0.39 is 0 Å². The summed E-state index contributed by atoms with van der Waals surface area (Å²) < 4.78 is 5.80. The second-order valence-electron chi connectivity index (χ2n) is 5.89. The summed E-state index contributed by atoms with van der Waals surface area (Å²) in [5.41, 5.74) is 3.51. The molecule has 1 saturated heterocycles. The van der Waals surface area contributed by atoms with Gasteiger partial charge < -0.3 is 9.64 Å². The molecule has 24 heavy (non-hydrogen) atoms. The van der Waals surface area contributed by atoms with Crippen molar-refractivity contribution < 1.29 is 9.53 Å². The van der Waals surface area contributed by atoms with Crippen LogP contribution in [0.5, 0.6) is 5.75 Å². The van der Waals surface area contributed by atoms with Crippen LogP contribution in [-0.4, -0.2) is 23.2 Å². The smallest absolute Gasteiger partial charge is 0.224 e. The van der Waals surface area contributed by atoms with Crippen LogP contribution in [0, 0.1) is 6.92 Å². The molecular formula is C20H23NO2S. The summed E-state index contributed by atoms with van der Waals surface area (Å²) in [7, 11) is 0. The van der Waals surface area contributed by atoms with E-state index in [1.807, 2.05) is 53.9 Å². The monoisotopic (exact) mass is 341 g/mol. The Bertz CT molecular complexity index is 716. The number of carbonyl (C=O) groups excluding carboxylic acids is 1. The summed E-state index contributed by atoms with van der Waals surface area (Å²) in [6.45, 7) is 5.35. The van der Waals surface area contributed by atoms with Gasteiger partial charge in [-0.05, 0) is 31.0 Å². The Balaban J connectivity index is 1.93. The minimum absolute atomic E-state index is 0.00797. The third kappa shape index (κ3) is 3.59. The van der Waals surface area contributed by atoms with Crippen LogP contribution in [0.1, 0.15) is 35.4 Å². The van der Waals surface area contributed by atoms with Gasteiger partial charge in [-0.25, -0.2) is 0 Å². The van der Waals surface area contributed by atoms with Gasteiger partial charge in [-0.15, -0.1) is 11.8 Å². The van der Waals surface area contributed by atoms with E-state index >= 15 is 0 Å². The zero-order chi connectivity index (χ0) is 16.9. The van der Waals surface area contributed by atoms with Gasteiger partial charge >= 0.3 is 0 Å². The van der Waals surface area contributed by atoms with Gasteiger partial charge in [0.25, 0.3) is 0 Å². The molecule has 2 aromatic rings. The van der Waals surface area contributed by atoms with E-state index in [9.17, 15) is 4.79 Å². The molecule has 3 nitrogen and oxygen atoms in total. The van der Waals surface area contributed by atoms with E-state index in [4.69, 9.17) is 4.74 Å². The number of carbonyl (C=O) groups is 1. The lowest BCUT2D eigenvalue weighted by Gasteiger charge is -2.36. The first-order chi connectivity index (χ1) is 11.7. The van der Waals surface area contributed by atoms with Crippen LogP contribution in [-0.2, 0) is 11.3 Å². The van der Waals surface area contributed by atoms with Crippen molar-refractivity contribution in [3.05, 3.63) is 65.2 Å². The Morgan fingerprint density at radius 2 is 1.92 bits per heavy atom. The lowest BCUT2D eigenvalue weighted by Crippen LogP contribution is -2.37. The Morgan fingerprint density at radius 3 is 2.71 bits per heavy atom. The second-order valence-corrected chi connectivity index (χ2v) is 7.08. The molecule has 1 heterocycles. The number of hydrogen-bond donors (Lipinski definition) is 0. The van der Waals surface area contributed by atoms with Crippen LogP contribution in [0.25, 0.3) is 0 Å². The summed E-state index contributed by atoms with van der Waals surface area (Å²) in [5.74, 6) is 1.95. The molecule has 126 valence electrons. The van der Waals surface area contributed by atoms with Gasteiger partial charge in [-0.3, -0.25) is 4.79 Å². The van der Waals surface area contributed by atoms with Crippen LogP contribution in [0.4, 0.5) is 0 Å². The highest BCUT2D eigenvalue weighted by molar-refractivity contribution is 7.99. The summed E-state index contributed by atoms with van der Waals surface area (Å²) in [6.07, 6.45) is 0.601. The quantitative estimate of drug-likeness (QED) is 0.798. The van der Waals surface area contributed by atoms with Gasteiger partial charge in [-0.2, -0.15) is 0 Å². The van der Waals surface area contributed by atoms with Crippen molar-refractivity contribution in [2.45, 2.75) is 32.2 Å². The maximum atomic E-state index is 12.6. The van der Waals surface area contributed by atoms with Gasteiger partial charge in [0.05, 0.1) is 6.61 Å². The summed E-state index contributed by atoms with van der Waals surface area (Å²) >= 11 is 1.82. The van der Waals surface area contributed by atoms with E-state index in [1.54, 1.807) is 0 Å². The van der Waals surface area contributed by atoms with Crippen molar-refractivity contribution in [2.24, 2.45) is 0 Å². The highest BCUT2D eigenvalue weighted by atomic mass is 32.2. The maximum absolute atomic E-state index is 12.6. The van der Waals surface area contributed by atoms with E-state index in [2.05, 4.69) is 25.1 Å². The first-order valence-electron chi connectivity index (χ1n) is 8.38. The van der Waals surface area contributed by atoms with Gasteiger partial charge in [0.1, 0.15) is 11.1 Å². The number of nitrogens with zero attached hydrogens (tertiary/aromatic N) is 1. The van der Waals surface area contributed by atoms with E-state index in [0.29, 0.717) is 19.6 Å². The lowest BCUT2D eigenvalue weighted by molar-refractivity contribution is -0.132. The third-order valence-electron chi connectivity index (χ3n) is 4.28. The highest BCUT2D eigenvalue weighted by Gasteiger charge is 2.31. The van der Waals surface area contributed by atoms with Crippen LogP contribution in [0.2, 0.25) is 0 Å². The van der Waals surface area contributed by atoms with Crippen LogP contribution in [0.3, 0.4) is 0 Å². The summed E-state index contributed by atoms with van der Waals surface area (Å²) in [4.78, 5) is 14.6. The molecule has 0 aliphatic carbocycles. The molecule has 1 atom stereocenters. The van der Waals surface area contributed by atoms with Crippen LogP contribution >= 0.6 is 11.8 Å². The molecule has 0 spiro atoms. The lowest BCUT2D eigenvalue weighted by atomic mass is 10.1. The SMILES string of the molecule is CCOc1ccccc1C1SCCC(=O)N1Cc1ccccc1C. The molecule has 2 aromatic carbocycles. The molecule has 3 rings (SSSR count). The molecule has 0 bridgehead atoms. The third-order valence-corrected chi connectivity index (χ3v) is 5.55. The minimum atomic E-state index is 0.00797. The number of rotatable bonds is 5. The Kier molecular flexibility index (Phi) is 5.46. The molecule has 0 N–H and O–H groups in total. The first kappa shape index (κ1) is 16.9. The molecule has 1 aliphatic heterocycles. The van der Waals surface area contributed by atoms with E-state index in [-0.39, 0.29) is 11.3 Å². The second kappa shape index (κ2) is 7.75. The molecule has 1 aliphatic rings. The standard InChI is InChI=1S/C20H23NO2S/c1-3-23-18-11-7-6-10-17(18)20-21(19(22)12-13-24-20)14-16-9-5-4-8-15(16)2/h4-11,20H,3,12-14H2,1-2H3. The number of amides is 1. The van der Waals surface area contributed by atoms with E-state index in [0.717, 1.165) is 17.1 Å². The average molecular weight is 341 g/mol. The number of benzene rings is 2. The zero-order valence-electron chi connectivity index (χ0n) is 14.2. The number of hydrogen-bond acceptors (Lipinski definition) is 3. The predicted molar refractivity (Wildman–Crippen MR) is 99.2 cm³/mol. The number of thioether (sulfide) groups is 1. The van der Waals surface area contributed by atoms with Crippen molar-refractivity contribution in [3.8, 4) is 5.75 Å². The van der Waals surface area contributed by atoms with Crippen LogP contribution in [0.15, 0.2) is 48.5 Å². The topological polar surface area (TPSA) is 29.5 Å². The molecule has 1 fully saturated rings. The van der Waals surface area contributed by atoms with Gasteiger partial charge in [-0.1, -0.05) is 42.5 Å². The molecule has 1 amide bonds. The Morgan fingerprint density at radius 1 is 1.17 bits per heavy atom. The molecule has 0 aromatic heterocycles. The predicted octanol–water partition coefficient (Wildman–Crippen LogP) is 4.56. The Hall–Kier alpha value is -1.94. The minimum Gasteiger partial charge on any atom is -0.493 e. The number of ether oxygens (including phenoxy) is 1. The number of para-hydroxylation sites is 1. The average Bonchev–Trinajstić information content (AvgIpc) is 2.59. The summed E-state index contributed by atoms with van der Waals surface area (Å²) in [6, 6.07) is 16.3. The van der Waals surface area contributed by atoms with Crippen LogP contribution < -0.4 is 4.74 Å². The fourth-order valence-corrected chi connectivity index (χ4v) is 4.26. The number of aryl methyl sites for hydroxylation is 1. The first-order valence-corrected chi connectivity index (χ1v) is 9.43. The molecular weight excluding hydrogens is 318 g/mol. The zero-order valence-corrected chi connectivity index (χ0v) is 15.0. The summed E-state index contributed by atoms with van der Waals surface area (Å²) in [5, 5.41) is 0.00797. The van der Waals surface area contributed by atoms with Crippen molar-refractivity contribution in [3.63, 3.8) is 0 Å². The fourth-order valence-electron chi connectivity index (χ4n) is 2.99. The normalized spacial score (nSPS) is 17.8. The molecule has 0 saturated carbocycles.